The Kier molecular flexibility index (Phi) is 6.49. The van der Waals surface area contributed by atoms with E-state index in [4.69, 9.17) is 4.74 Å². The number of nitro benzene ring substituents is 1. The number of anilines is 1. The number of benzene rings is 1. The van der Waals surface area contributed by atoms with Crippen molar-refractivity contribution < 1.29 is 9.66 Å². The highest BCUT2D eigenvalue weighted by Crippen LogP contribution is 2.30. The van der Waals surface area contributed by atoms with Crippen molar-refractivity contribution in [3.63, 3.8) is 0 Å². The summed E-state index contributed by atoms with van der Waals surface area (Å²) in [5, 5.41) is 14.2. The fourth-order valence-electron chi connectivity index (χ4n) is 1.65. The first-order valence-electron chi connectivity index (χ1n) is 6.34. The van der Waals surface area contributed by atoms with E-state index in [0.29, 0.717) is 18.4 Å². The monoisotopic (exact) mass is 284 g/mol. The average Bonchev–Trinajstić information content (AvgIpc) is 2.36. The average molecular weight is 284 g/mol. The van der Waals surface area contributed by atoms with Gasteiger partial charge < -0.3 is 10.1 Å². The lowest BCUT2D eigenvalue weighted by molar-refractivity contribution is -0.385. The number of hydrogen-bond donors (Lipinski definition) is 1. The molecule has 0 bridgehead atoms. The minimum absolute atomic E-state index is 0.00277. The molecule has 106 valence electrons. The summed E-state index contributed by atoms with van der Waals surface area (Å²) in [7, 11) is 0. The quantitative estimate of drug-likeness (QED) is 0.584. The van der Waals surface area contributed by atoms with E-state index in [-0.39, 0.29) is 5.69 Å². The second-order valence-electron chi connectivity index (χ2n) is 4.08. The van der Waals surface area contributed by atoms with E-state index in [1.54, 1.807) is 12.1 Å². The van der Waals surface area contributed by atoms with Gasteiger partial charge in [-0.15, -0.1) is 0 Å². The Morgan fingerprint density at radius 1 is 1.47 bits per heavy atom. The zero-order valence-electron chi connectivity index (χ0n) is 11.5. The van der Waals surface area contributed by atoms with Crippen molar-refractivity contribution in [1.29, 1.82) is 0 Å². The first-order valence-corrected chi connectivity index (χ1v) is 7.49. The standard InChI is InChI=1S/C13H20N2O3S/c1-4-18-13-8-11(6-7-12(13)15(16)17)14-10(3)9-19-5-2/h6-8,10,14H,4-5,9H2,1-3H3. The van der Waals surface area contributed by atoms with E-state index >= 15 is 0 Å². The lowest BCUT2D eigenvalue weighted by Crippen LogP contribution is -2.18. The highest BCUT2D eigenvalue weighted by atomic mass is 32.2. The lowest BCUT2D eigenvalue weighted by Gasteiger charge is -2.15. The predicted octanol–water partition coefficient (Wildman–Crippen LogP) is 3.55. The Labute approximate surface area is 117 Å². The number of rotatable bonds is 8. The number of nitrogens with one attached hydrogen (secondary N) is 1. The molecule has 1 atom stereocenters. The first kappa shape index (κ1) is 15.6. The number of thioether (sulfide) groups is 1. The van der Waals surface area contributed by atoms with E-state index in [0.717, 1.165) is 17.2 Å². The topological polar surface area (TPSA) is 64.4 Å². The van der Waals surface area contributed by atoms with Gasteiger partial charge >= 0.3 is 5.69 Å². The van der Waals surface area contributed by atoms with Crippen molar-refractivity contribution in [3.05, 3.63) is 28.3 Å². The first-order chi connectivity index (χ1) is 9.08. The predicted molar refractivity (Wildman–Crippen MR) is 80.3 cm³/mol. The van der Waals surface area contributed by atoms with Crippen LogP contribution in [-0.2, 0) is 0 Å². The Hall–Kier alpha value is -1.43. The molecule has 0 aromatic heterocycles. The van der Waals surface area contributed by atoms with Crippen LogP contribution in [0, 0.1) is 10.1 Å². The number of nitrogens with zero attached hydrogens (tertiary/aromatic N) is 1. The molecular formula is C13H20N2O3S. The summed E-state index contributed by atoms with van der Waals surface area (Å²) in [6, 6.07) is 5.19. The molecule has 0 saturated heterocycles. The maximum atomic E-state index is 10.9. The van der Waals surface area contributed by atoms with E-state index in [1.165, 1.54) is 6.07 Å². The van der Waals surface area contributed by atoms with Crippen LogP contribution in [0.3, 0.4) is 0 Å². The minimum atomic E-state index is -0.425. The molecule has 0 saturated carbocycles. The Morgan fingerprint density at radius 2 is 2.21 bits per heavy atom. The molecule has 0 aliphatic rings. The van der Waals surface area contributed by atoms with Gasteiger partial charge in [0.05, 0.1) is 11.5 Å². The summed E-state index contributed by atoms with van der Waals surface area (Å²) < 4.78 is 5.31. The maximum Gasteiger partial charge on any atom is 0.311 e. The van der Waals surface area contributed by atoms with E-state index in [2.05, 4.69) is 19.2 Å². The van der Waals surface area contributed by atoms with Gasteiger partial charge in [-0.3, -0.25) is 10.1 Å². The molecule has 1 N–H and O–H groups in total. The second kappa shape index (κ2) is 7.89. The van der Waals surface area contributed by atoms with Gasteiger partial charge in [0.2, 0.25) is 0 Å². The Balaban J connectivity index is 2.80. The largest absolute Gasteiger partial charge is 0.487 e. The summed E-state index contributed by atoms with van der Waals surface area (Å²) >= 11 is 1.86. The summed E-state index contributed by atoms with van der Waals surface area (Å²) in [5.74, 6) is 2.39. The molecule has 0 aliphatic carbocycles. The molecule has 0 heterocycles. The number of nitro groups is 1. The molecule has 0 aliphatic heterocycles. The van der Waals surface area contributed by atoms with Crippen molar-refractivity contribution in [2.45, 2.75) is 26.8 Å². The number of ether oxygens (including phenoxy) is 1. The Morgan fingerprint density at radius 3 is 2.79 bits per heavy atom. The molecule has 0 fully saturated rings. The lowest BCUT2D eigenvalue weighted by atomic mass is 10.2. The van der Waals surface area contributed by atoms with Crippen LogP contribution in [0.25, 0.3) is 0 Å². The second-order valence-corrected chi connectivity index (χ2v) is 5.40. The van der Waals surface area contributed by atoms with Gasteiger partial charge in [-0.25, -0.2) is 0 Å². The summed E-state index contributed by atoms with van der Waals surface area (Å²) in [5.41, 5.74) is 0.848. The van der Waals surface area contributed by atoms with Gasteiger partial charge in [-0.2, -0.15) is 11.8 Å². The Bertz CT molecular complexity index is 426. The molecule has 0 radical (unpaired) electrons. The van der Waals surface area contributed by atoms with Crippen LogP contribution in [0.2, 0.25) is 0 Å². The molecule has 6 heteroatoms. The van der Waals surface area contributed by atoms with Crippen molar-refractivity contribution in [2.75, 3.05) is 23.4 Å². The fourth-order valence-corrected chi connectivity index (χ4v) is 2.32. The molecule has 1 rings (SSSR count). The van der Waals surface area contributed by atoms with Crippen molar-refractivity contribution >= 4 is 23.1 Å². The molecule has 1 aromatic carbocycles. The fraction of sp³-hybridized carbons (Fsp3) is 0.538. The third-order valence-electron chi connectivity index (χ3n) is 2.44. The zero-order chi connectivity index (χ0) is 14.3. The summed E-state index contributed by atoms with van der Waals surface area (Å²) in [6.45, 7) is 6.43. The molecule has 1 aromatic rings. The van der Waals surface area contributed by atoms with Crippen molar-refractivity contribution in [1.82, 2.24) is 0 Å². The third kappa shape index (κ3) is 4.98. The number of hydrogen-bond acceptors (Lipinski definition) is 5. The molecule has 5 nitrogen and oxygen atoms in total. The van der Waals surface area contributed by atoms with Crippen molar-refractivity contribution in [3.8, 4) is 5.75 Å². The van der Waals surface area contributed by atoms with Crippen LogP contribution in [0.1, 0.15) is 20.8 Å². The molecule has 1 unspecified atom stereocenters. The molecule has 19 heavy (non-hydrogen) atoms. The molecular weight excluding hydrogens is 264 g/mol. The molecule has 0 spiro atoms. The zero-order valence-corrected chi connectivity index (χ0v) is 12.3. The summed E-state index contributed by atoms with van der Waals surface area (Å²) in [6.07, 6.45) is 0. The van der Waals surface area contributed by atoms with Crippen LogP contribution in [0.5, 0.6) is 5.75 Å². The van der Waals surface area contributed by atoms with Crippen LogP contribution < -0.4 is 10.1 Å². The van der Waals surface area contributed by atoms with Crippen LogP contribution in [-0.4, -0.2) is 29.1 Å². The third-order valence-corrected chi connectivity index (χ3v) is 3.59. The highest BCUT2D eigenvalue weighted by Gasteiger charge is 2.15. The van der Waals surface area contributed by atoms with E-state index in [1.807, 2.05) is 18.7 Å². The molecule has 0 amide bonds. The van der Waals surface area contributed by atoms with Gasteiger partial charge in [-0.05, 0) is 25.7 Å². The van der Waals surface area contributed by atoms with Gasteiger partial charge in [0.15, 0.2) is 5.75 Å². The normalized spacial score (nSPS) is 11.9. The van der Waals surface area contributed by atoms with E-state index < -0.39 is 4.92 Å². The maximum absolute atomic E-state index is 10.9. The van der Waals surface area contributed by atoms with Crippen LogP contribution in [0.15, 0.2) is 18.2 Å². The van der Waals surface area contributed by atoms with Gasteiger partial charge in [0, 0.05) is 29.6 Å². The van der Waals surface area contributed by atoms with Gasteiger partial charge in [0.25, 0.3) is 0 Å². The SMILES string of the molecule is CCOc1cc(NC(C)CSCC)ccc1[N+](=O)[O-]. The van der Waals surface area contributed by atoms with Gasteiger partial charge in [0.1, 0.15) is 0 Å². The minimum Gasteiger partial charge on any atom is -0.487 e. The van der Waals surface area contributed by atoms with Crippen LogP contribution in [0.4, 0.5) is 11.4 Å². The van der Waals surface area contributed by atoms with E-state index in [9.17, 15) is 10.1 Å². The van der Waals surface area contributed by atoms with Gasteiger partial charge in [-0.1, -0.05) is 6.92 Å². The summed E-state index contributed by atoms with van der Waals surface area (Å²) in [4.78, 5) is 10.4. The van der Waals surface area contributed by atoms with Crippen molar-refractivity contribution in [2.24, 2.45) is 0 Å². The smallest absolute Gasteiger partial charge is 0.311 e. The highest BCUT2D eigenvalue weighted by molar-refractivity contribution is 7.99. The van der Waals surface area contributed by atoms with Crippen LogP contribution >= 0.6 is 11.8 Å².